The molecule has 1 N–H and O–H groups in total. The van der Waals surface area contributed by atoms with Gasteiger partial charge in [0, 0.05) is 38.4 Å². The van der Waals surface area contributed by atoms with Crippen LogP contribution >= 0.6 is 0 Å². The van der Waals surface area contributed by atoms with Gasteiger partial charge in [0.2, 0.25) is 5.91 Å². The second kappa shape index (κ2) is 7.29. The maximum absolute atomic E-state index is 12.4. The lowest BCUT2D eigenvalue weighted by Crippen LogP contribution is -2.31. The minimum absolute atomic E-state index is 0.115. The monoisotopic (exact) mass is 326 g/mol. The molecule has 126 valence electrons. The minimum atomic E-state index is -0.115. The molecule has 6 heteroatoms. The van der Waals surface area contributed by atoms with Gasteiger partial charge in [-0.1, -0.05) is 0 Å². The number of amides is 2. The Morgan fingerprint density at radius 1 is 1.33 bits per heavy atom. The third-order valence-electron chi connectivity index (χ3n) is 4.28. The Labute approximate surface area is 141 Å². The first kappa shape index (κ1) is 16.2. The molecule has 0 spiro atoms. The highest BCUT2D eigenvalue weighted by Gasteiger charge is 2.19. The van der Waals surface area contributed by atoms with Gasteiger partial charge >= 0.3 is 0 Å². The lowest BCUT2D eigenvalue weighted by Gasteiger charge is -2.15. The van der Waals surface area contributed by atoms with Crippen LogP contribution < -0.4 is 5.32 Å². The van der Waals surface area contributed by atoms with E-state index in [0.717, 1.165) is 30.8 Å². The van der Waals surface area contributed by atoms with E-state index < -0.39 is 0 Å². The van der Waals surface area contributed by atoms with Crippen LogP contribution in [0.3, 0.4) is 0 Å². The summed E-state index contributed by atoms with van der Waals surface area (Å²) in [6.45, 7) is 4.03. The van der Waals surface area contributed by atoms with Crippen LogP contribution in [-0.4, -0.2) is 45.9 Å². The molecule has 1 aliphatic heterocycles. The first-order valence-corrected chi connectivity index (χ1v) is 8.32. The smallest absolute Gasteiger partial charge is 0.268 e. The summed E-state index contributed by atoms with van der Waals surface area (Å²) >= 11 is 0. The normalized spacial score (nSPS) is 14.2. The van der Waals surface area contributed by atoms with Crippen molar-refractivity contribution >= 4 is 11.8 Å². The van der Waals surface area contributed by atoms with E-state index in [1.54, 1.807) is 12.3 Å². The van der Waals surface area contributed by atoms with Crippen molar-refractivity contribution in [1.29, 1.82) is 0 Å². The Morgan fingerprint density at radius 2 is 2.21 bits per heavy atom. The molecule has 0 saturated carbocycles. The Balaban J connectivity index is 1.57. The van der Waals surface area contributed by atoms with Crippen molar-refractivity contribution in [3.05, 3.63) is 48.0 Å². The van der Waals surface area contributed by atoms with Crippen LogP contribution in [0.5, 0.6) is 0 Å². The van der Waals surface area contributed by atoms with Crippen LogP contribution in [0.2, 0.25) is 0 Å². The molecular formula is C18H22N4O2. The highest BCUT2D eigenvalue weighted by Crippen LogP contribution is 2.15. The van der Waals surface area contributed by atoms with E-state index in [1.807, 2.05) is 40.8 Å². The fraction of sp³-hybridized carbons (Fsp3) is 0.389. The molecule has 0 atom stereocenters. The molecule has 1 saturated heterocycles. The summed E-state index contributed by atoms with van der Waals surface area (Å²) in [5.74, 6) is 0.109. The van der Waals surface area contributed by atoms with Crippen LogP contribution in [0.1, 0.15) is 35.4 Å². The van der Waals surface area contributed by atoms with Crippen LogP contribution in [0.25, 0.3) is 5.69 Å². The molecule has 0 aliphatic carbocycles. The summed E-state index contributed by atoms with van der Waals surface area (Å²) in [6.07, 6.45) is 5.97. The van der Waals surface area contributed by atoms with Crippen molar-refractivity contribution in [2.45, 2.75) is 26.2 Å². The van der Waals surface area contributed by atoms with Crippen molar-refractivity contribution in [3.8, 4) is 5.69 Å². The molecule has 0 aromatic carbocycles. The Morgan fingerprint density at radius 3 is 2.96 bits per heavy atom. The van der Waals surface area contributed by atoms with Gasteiger partial charge in [-0.15, -0.1) is 0 Å². The fourth-order valence-electron chi connectivity index (χ4n) is 3.01. The highest BCUT2D eigenvalue weighted by molar-refractivity contribution is 5.93. The zero-order valence-electron chi connectivity index (χ0n) is 13.9. The van der Waals surface area contributed by atoms with E-state index in [1.165, 1.54) is 0 Å². The standard InChI is InChI=1S/C18H22N4O2/c1-14-15(6-2-9-19-14)22-13-3-7-16(22)18(24)20-10-5-12-21-11-4-8-17(21)23/h2-3,6-7,9,13H,4-5,8,10-12H2,1H3,(H,20,24). The van der Waals surface area contributed by atoms with Crippen LogP contribution in [-0.2, 0) is 4.79 Å². The SMILES string of the molecule is Cc1ncccc1-n1cccc1C(=O)NCCCN1CCCC1=O. The van der Waals surface area contributed by atoms with E-state index in [0.29, 0.717) is 25.2 Å². The zero-order valence-corrected chi connectivity index (χ0v) is 13.9. The van der Waals surface area contributed by atoms with E-state index >= 15 is 0 Å². The highest BCUT2D eigenvalue weighted by atomic mass is 16.2. The molecule has 3 rings (SSSR count). The molecule has 2 amide bonds. The summed E-state index contributed by atoms with van der Waals surface area (Å²) in [5.41, 5.74) is 2.36. The van der Waals surface area contributed by atoms with Crippen molar-refractivity contribution in [1.82, 2.24) is 19.8 Å². The van der Waals surface area contributed by atoms with Gasteiger partial charge < -0.3 is 14.8 Å². The number of hydrogen-bond acceptors (Lipinski definition) is 3. The maximum atomic E-state index is 12.4. The largest absolute Gasteiger partial charge is 0.351 e. The van der Waals surface area contributed by atoms with Gasteiger partial charge in [0.25, 0.3) is 5.91 Å². The number of nitrogens with zero attached hydrogens (tertiary/aromatic N) is 3. The number of carbonyl (C=O) groups excluding carboxylic acids is 2. The average Bonchev–Trinajstić information content (AvgIpc) is 3.21. The predicted octanol–water partition coefficient (Wildman–Crippen LogP) is 1.92. The Hall–Kier alpha value is -2.63. The van der Waals surface area contributed by atoms with Crippen LogP contribution in [0, 0.1) is 6.92 Å². The number of carbonyl (C=O) groups is 2. The molecule has 0 bridgehead atoms. The first-order chi connectivity index (χ1) is 11.7. The van der Waals surface area contributed by atoms with Gasteiger partial charge in [-0.3, -0.25) is 14.6 Å². The lowest BCUT2D eigenvalue weighted by molar-refractivity contribution is -0.127. The predicted molar refractivity (Wildman–Crippen MR) is 91.1 cm³/mol. The fourth-order valence-corrected chi connectivity index (χ4v) is 3.01. The zero-order chi connectivity index (χ0) is 16.9. The summed E-state index contributed by atoms with van der Waals surface area (Å²) in [4.78, 5) is 30.1. The van der Waals surface area contributed by atoms with Gasteiger partial charge in [-0.25, -0.2) is 0 Å². The number of hydrogen-bond donors (Lipinski definition) is 1. The van der Waals surface area contributed by atoms with E-state index in [9.17, 15) is 9.59 Å². The molecule has 24 heavy (non-hydrogen) atoms. The number of pyridine rings is 1. The van der Waals surface area contributed by atoms with Crippen LogP contribution in [0.4, 0.5) is 0 Å². The van der Waals surface area contributed by atoms with Gasteiger partial charge in [-0.2, -0.15) is 0 Å². The Kier molecular flexibility index (Phi) is 4.93. The molecule has 0 unspecified atom stereocenters. The third-order valence-corrected chi connectivity index (χ3v) is 4.28. The van der Waals surface area contributed by atoms with Gasteiger partial charge in [0.1, 0.15) is 5.69 Å². The van der Waals surface area contributed by atoms with Gasteiger partial charge in [0.05, 0.1) is 11.4 Å². The molecule has 6 nitrogen and oxygen atoms in total. The molecule has 3 heterocycles. The number of aromatic nitrogens is 2. The van der Waals surface area contributed by atoms with Crippen molar-refractivity contribution < 1.29 is 9.59 Å². The van der Waals surface area contributed by atoms with E-state index in [4.69, 9.17) is 0 Å². The molecule has 1 fully saturated rings. The third kappa shape index (κ3) is 3.48. The summed E-state index contributed by atoms with van der Waals surface area (Å²) in [6, 6.07) is 7.45. The van der Waals surface area contributed by atoms with Crippen LogP contribution in [0.15, 0.2) is 36.7 Å². The molecular weight excluding hydrogens is 304 g/mol. The topological polar surface area (TPSA) is 67.2 Å². The number of nitrogens with one attached hydrogen (secondary N) is 1. The van der Waals surface area contributed by atoms with Gasteiger partial charge in [0.15, 0.2) is 0 Å². The van der Waals surface area contributed by atoms with Gasteiger partial charge in [-0.05, 0) is 44.0 Å². The average molecular weight is 326 g/mol. The molecule has 2 aromatic heterocycles. The molecule has 0 radical (unpaired) electrons. The Bertz CT molecular complexity index is 738. The second-order valence-electron chi connectivity index (χ2n) is 5.97. The maximum Gasteiger partial charge on any atom is 0.268 e. The first-order valence-electron chi connectivity index (χ1n) is 8.32. The molecule has 2 aromatic rings. The second-order valence-corrected chi connectivity index (χ2v) is 5.97. The van der Waals surface area contributed by atoms with E-state index in [-0.39, 0.29) is 11.8 Å². The van der Waals surface area contributed by atoms with Crippen molar-refractivity contribution in [3.63, 3.8) is 0 Å². The molecule has 1 aliphatic rings. The number of rotatable bonds is 6. The summed E-state index contributed by atoms with van der Waals surface area (Å²) < 4.78 is 1.85. The number of likely N-dealkylation sites (tertiary alicyclic amines) is 1. The van der Waals surface area contributed by atoms with Crippen molar-refractivity contribution in [2.24, 2.45) is 0 Å². The van der Waals surface area contributed by atoms with E-state index in [2.05, 4.69) is 10.3 Å². The van der Waals surface area contributed by atoms with Crippen molar-refractivity contribution in [2.75, 3.05) is 19.6 Å². The summed E-state index contributed by atoms with van der Waals surface area (Å²) in [5, 5.41) is 2.94. The minimum Gasteiger partial charge on any atom is -0.351 e. The summed E-state index contributed by atoms with van der Waals surface area (Å²) in [7, 11) is 0. The quantitative estimate of drug-likeness (QED) is 0.825. The lowest BCUT2D eigenvalue weighted by atomic mass is 10.3. The number of aryl methyl sites for hydroxylation is 1.